The van der Waals surface area contributed by atoms with Crippen molar-refractivity contribution in [2.45, 2.75) is 63.5 Å². The second-order valence-corrected chi connectivity index (χ2v) is 10.3. The van der Waals surface area contributed by atoms with Crippen LogP contribution in [0.3, 0.4) is 0 Å². The van der Waals surface area contributed by atoms with Crippen molar-refractivity contribution >= 4 is 34.8 Å². The smallest absolute Gasteiger partial charge is 0.241 e. The van der Waals surface area contributed by atoms with Crippen LogP contribution in [0.1, 0.15) is 50.1 Å². The molecule has 0 fully saturated rings. The highest BCUT2D eigenvalue weighted by molar-refractivity contribution is 8.01. The van der Waals surface area contributed by atoms with Gasteiger partial charge in [-0.25, -0.2) is 0 Å². The Bertz CT molecular complexity index is 708. The van der Waals surface area contributed by atoms with Crippen molar-refractivity contribution in [2.75, 3.05) is 5.32 Å². The van der Waals surface area contributed by atoms with Crippen LogP contribution in [0.4, 0.5) is 5.82 Å². The Balaban J connectivity index is 2.09. The van der Waals surface area contributed by atoms with Crippen molar-refractivity contribution in [3.05, 3.63) is 27.6 Å². The first kappa shape index (κ1) is 18.1. The lowest BCUT2D eigenvalue weighted by molar-refractivity contribution is -0.117. The Morgan fingerprint density at radius 2 is 1.87 bits per heavy atom. The third-order valence-corrected chi connectivity index (χ3v) is 5.83. The number of carbonyl (C=O) groups excluding carboxylic acids is 1. The van der Waals surface area contributed by atoms with Gasteiger partial charge < -0.3 is 9.84 Å². The van der Waals surface area contributed by atoms with E-state index in [0.29, 0.717) is 5.82 Å². The molecule has 0 atom stereocenters. The molecule has 0 saturated heterocycles. The van der Waals surface area contributed by atoms with Gasteiger partial charge in [0.25, 0.3) is 0 Å². The van der Waals surface area contributed by atoms with E-state index in [9.17, 15) is 4.79 Å². The molecule has 2 rings (SSSR count). The summed E-state index contributed by atoms with van der Waals surface area (Å²) in [6.45, 7) is 14.1. The van der Waals surface area contributed by atoms with Crippen LogP contribution in [-0.4, -0.2) is 15.8 Å². The molecule has 2 aromatic rings. The number of aryl methyl sites for hydroxylation is 2. The molecule has 4 nitrogen and oxygen atoms in total. The van der Waals surface area contributed by atoms with Gasteiger partial charge >= 0.3 is 0 Å². The molecule has 0 aliphatic rings. The summed E-state index contributed by atoms with van der Waals surface area (Å²) in [7, 11) is 0. The molecule has 0 aromatic carbocycles. The van der Waals surface area contributed by atoms with E-state index in [2.05, 4.69) is 30.4 Å². The molecule has 0 bridgehead atoms. The van der Waals surface area contributed by atoms with Crippen LogP contribution < -0.4 is 5.32 Å². The zero-order valence-corrected chi connectivity index (χ0v) is 16.4. The van der Waals surface area contributed by atoms with E-state index in [1.807, 2.05) is 34.6 Å². The minimum absolute atomic E-state index is 0.0838. The van der Waals surface area contributed by atoms with Crippen LogP contribution in [0.5, 0.6) is 0 Å². The lowest BCUT2D eigenvalue weighted by atomic mass is 9.93. The first-order valence-electron chi connectivity index (χ1n) is 7.54. The maximum Gasteiger partial charge on any atom is 0.241 e. The molecule has 0 aliphatic heterocycles. The molecule has 0 aliphatic carbocycles. The van der Waals surface area contributed by atoms with Gasteiger partial charge in [0, 0.05) is 26.1 Å². The molecule has 6 heteroatoms. The zero-order chi connectivity index (χ0) is 17.4. The highest BCUT2D eigenvalue weighted by Crippen LogP contribution is 2.38. The van der Waals surface area contributed by atoms with Crippen molar-refractivity contribution in [1.82, 2.24) is 5.16 Å². The van der Waals surface area contributed by atoms with Crippen LogP contribution in [0.15, 0.2) is 21.6 Å². The summed E-state index contributed by atoms with van der Waals surface area (Å²) in [4.78, 5) is 16.3. The number of hydrogen-bond acceptors (Lipinski definition) is 5. The second-order valence-electron chi connectivity index (χ2n) is 7.17. The van der Waals surface area contributed by atoms with Gasteiger partial charge in [0.05, 0.1) is 4.75 Å². The topological polar surface area (TPSA) is 55.1 Å². The Kier molecular flexibility index (Phi) is 4.97. The minimum Gasteiger partial charge on any atom is -0.359 e. The van der Waals surface area contributed by atoms with E-state index in [0.717, 1.165) is 10.7 Å². The summed E-state index contributed by atoms with van der Waals surface area (Å²) in [5, 5.41) is 6.81. The summed E-state index contributed by atoms with van der Waals surface area (Å²) in [5.74, 6) is 1.13. The van der Waals surface area contributed by atoms with Gasteiger partial charge in [0.15, 0.2) is 5.82 Å². The number of aromatic nitrogens is 1. The second kappa shape index (κ2) is 6.32. The monoisotopic (exact) mass is 352 g/mol. The van der Waals surface area contributed by atoms with Gasteiger partial charge in [0.2, 0.25) is 5.91 Å². The predicted molar refractivity (Wildman–Crippen MR) is 97.6 cm³/mol. The molecule has 23 heavy (non-hydrogen) atoms. The summed E-state index contributed by atoms with van der Waals surface area (Å²) in [6, 6.07) is 3.92. The van der Waals surface area contributed by atoms with Crippen molar-refractivity contribution in [2.24, 2.45) is 0 Å². The average molecular weight is 353 g/mol. The molecule has 0 saturated carbocycles. The lowest BCUT2D eigenvalue weighted by Crippen LogP contribution is -2.34. The third-order valence-electron chi connectivity index (χ3n) is 3.40. The number of carbonyl (C=O) groups is 1. The Morgan fingerprint density at radius 1 is 1.22 bits per heavy atom. The number of hydrogen-bond donors (Lipinski definition) is 1. The zero-order valence-electron chi connectivity index (χ0n) is 14.7. The SMILES string of the molecule is Cc1cc(SC(C)(C)C(=O)Nc2cc(C(C)(C)C)on2)c(C)s1. The molecule has 126 valence electrons. The van der Waals surface area contributed by atoms with Gasteiger partial charge in [-0.15, -0.1) is 23.1 Å². The van der Waals surface area contributed by atoms with Crippen LogP contribution in [0, 0.1) is 13.8 Å². The number of nitrogens with one attached hydrogen (secondary N) is 1. The minimum atomic E-state index is -0.598. The van der Waals surface area contributed by atoms with Crippen molar-refractivity contribution in [3.8, 4) is 0 Å². The third kappa shape index (κ3) is 4.38. The number of thioether (sulfide) groups is 1. The molecular weight excluding hydrogens is 328 g/mol. The van der Waals surface area contributed by atoms with Gasteiger partial charge in [-0.2, -0.15) is 0 Å². The molecule has 2 heterocycles. The van der Waals surface area contributed by atoms with Crippen LogP contribution in [-0.2, 0) is 10.2 Å². The van der Waals surface area contributed by atoms with Crippen molar-refractivity contribution in [1.29, 1.82) is 0 Å². The molecule has 1 N–H and O–H groups in total. The first-order chi connectivity index (χ1) is 10.5. The maximum absolute atomic E-state index is 12.6. The average Bonchev–Trinajstić information content (AvgIpc) is 2.96. The summed E-state index contributed by atoms with van der Waals surface area (Å²) in [5.41, 5.74) is -0.133. The summed E-state index contributed by atoms with van der Waals surface area (Å²) in [6.07, 6.45) is 0. The van der Waals surface area contributed by atoms with Crippen molar-refractivity contribution in [3.63, 3.8) is 0 Å². The molecule has 2 aromatic heterocycles. The van der Waals surface area contributed by atoms with E-state index in [4.69, 9.17) is 4.52 Å². The van der Waals surface area contributed by atoms with Crippen LogP contribution in [0.25, 0.3) is 0 Å². The maximum atomic E-state index is 12.6. The van der Waals surface area contributed by atoms with E-state index in [-0.39, 0.29) is 11.3 Å². The quantitative estimate of drug-likeness (QED) is 0.772. The Morgan fingerprint density at radius 3 is 2.35 bits per heavy atom. The lowest BCUT2D eigenvalue weighted by Gasteiger charge is -2.22. The fourth-order valence-corrected chi connectivity index (χ4v) is 4.20. The Labute approximate surface area is 146 Å². The first-order valence-corrected chi connectivity index (χ1v) is 9.17. The normalized spacial score (nSPS) is 12.5. The van der Waals surface area contributed by atoms with E-state index < -0.39 is 4.75 Å². The molecule has 0 spiro atoms. The largest absolute Gasteiger partial charge is 0.359 e. The fourth-order valence-electron chi connectivity index (χ4n) is 1.98. The van der Waals surface area contributed by atoms with Crippen molar-refractivity contribution < 1.29 is 9.32 Å². The highest BCUT2D eigenvalue weighted by atomic mass is 32.2. The summed E-state index contributed by atoms with van der Waals surface area (Å²) < 4.78 is 4.72. The van der Waals surface area contributed by atoms with Crippen LogP contribution in [0.2, 0.25) is 0 Å². The predicted octanol–water partition coefficient (Wildman–Crippen LogP) is 5.16. The number of amides is 1. The van der Waals surface area contributed by atoms with Gasteiger partial charge in [-0.1, -0.05) is 25.9 Å². The Hall–Kier alpha value is -1.27. The summed E-state index contributed by atoms with van der Waals surface area (Å²) >= 11 is 3.32. The number of thiophene rings is 1. The van der Waals surface area contributed by atoms with E-state index >= 15 is 0 Å². The van der Waals surface area contributed by atoms with Gasteiger partial charge in [0.1, 0.15) is 5.76 Å². The molecule has 0 unspecified atom stereocenters. The highest BCUT2D eigenvalue weighted by Gasteiger charge is 2.31. The number of nitrogens with zero attached hydrogens (tertiary/aromatic N) is 1. The number of anilines is 1. The number of rotatable bonds is 4. The van der Waals surface area contributed by atoms with E-state index in [1.165, 1.54) is 9.75 Å². The van der Waals surface area contributed by atoms with Crippen LogP contribution >= 0.6 is 23.1 Å². The van der Waals surface area contributed by atoms with Gasteiger partial charge in [-0.3, -0.25) is 4.79 Å². The van der Waals surface area contributed by atoms with Gasteiger partial charge in [-0.05, 0) is 33.8 Å². The van der Waals surface area contributed by atoms with E-state index in [1.54, 1.807) is 29.2 Å². The standard InChI is InChI=1S/C17H24N2O2S2/c1-10-8-12(11(2)22-10)23-17(6,7)15(20)18-14-9-13(21-19-14)16(3,4)5/h8-9H,1-7H3,(H,18,19,20). The fraction of sp³-hybridized carbons (Fsp3) is 0.529. The molecule has 0 radical (unpaired) electrons. The molecule has 1 amide bonds. The molecular formula is C17H24N2O2S2.